The molecule has 4 nitrogen and oxygen atoms in total. The fourth-order valence-electron chi connectivity index (χ4n) is 2.56. The zero-order valence-corrected chi connectivity index (χ0v) is 12.2. The van der Waals surface area contributed by atoms with E-state index >= 15 is 0 Å². The molecule has 0 spiro atoms. The lowest BCUT2D eigenvalue weighted by Crippen LogP contribution is -2.64. The lowest BCUT2D eigenvalue weighted by Gasteiger charge is -2.46. The minimum absolute atomic E-state index is 0.0384. The Morgan fingerprint density at radius 2 is 2.26 bits per heavy atom. The first kappa shape index (κ1) is 14.0. The Balaban J connectivity index is 2.25. The third kappa shape index (κ3) is 3.13. The molecule has 0 aliphatic carbocycles. The topological polar surface area (TPSA) is 45.2 Å². The molecule has 1 aromatic heterocycles. The average Bonchev–Trinajstić information content (AvgIpc) is 2.37. The molecule has 2 rings (SSSR count). The summed E-state index contributed by atoms with van der Waals surface area (Å²) in [5.74, 6) is 0.519. The van der Waals surface area contributed by atoms with Crippen molar-refractivity contribution in [2.75, 3.05) is 13.1 Å². The van der Waals surface area contributed by atoms with Gasteiger partial charge in [-0.2, -0.15) is 0 Å². The Morgan fingerprint density at radius 1 is 1.53 bits per heavy atom. The van der Waals surface area contributed by atoms with E-state index in [4.69, 9.17) is 0 Å². The highest BCUT2D eigenvalue weighted by Gasteiger charge is 2.36. The summed E-state index contributed by atoms with van der Waals surface area (Å²) >= 11 is 0. The van der Waals surface area contributed by atoms with Crippen molar-refractivity contribution in [2.45, 2.75) is 39.3 Å². The molecule has 1 fully saturated rings. The summed E-state index contributed by atoms with van der Waals surface area (Å²) in [6, 6.07) is 3.88. The Kier molecular flexibility index (Phi) is 3.90. The van der Waals surface area contributed by atoms with Crippen molar-refractivity contribution in [2.24, 2.45) is 5.92 Å². The molecule has 0 aromatic carbocycles. The van der Waals surface area contributed by atoms with Crippen molar-refractivity contribution in [3.63, 3.8) is 0 Å². The van der Waals surface area contributed by atoms with E-state index in [9.17, 15) is 4.79 Å². The first-order chi connectivity index (χ1) is 8.91. The summed E-state index contributed by atoms with van der Waals surface area (Å²) in [4.78, 5) is 18.7. The summed E-state index contributed by atoms with van der Waals surface area (Å²) in [5.41, 5.74) is 0.634. The van der Waals surface area contributed by atoms with Gasteiger partial charge in [-0.05, 0) is 31.9 Å². The maximum atomic E-state index is 12.7. The standard InChI is InChI=1S/C15H23N3O/c1-11(2)13-9-17-15(3,4)10-18(13)14(19)12-6-5-7-16-8-12/h5-8,11,13,17H,9-10H2,1-4H3. The van der Waals surface area contributed by atoms with Crippen LogP contribution in [0.15, 0.2) is 24.5 Å². The second kappa shape index (κ2) is 5.29. The predicted molar refractivity (Wildman–Crippen MR) is 76.0 cm³/mol. The van der Waals surface area contributed by atoms with Crippen LogP contribution in [0.2, 0.25) is 0 Å². The van der Waals surface area contributed by atoms with Crippen LogP contribution in [0.3, 0.4) is 0 Å². The number of piperazine rings is 1. The summed E-state index contributed by atoms with van der Waals surface area (Å²) in [6.07, 6.45) is 3.34. The van der Waals surface area contributed by atoms with Gasteiger partial charge in [-0.3, -0.25) is 9.78 Å². The molecule has 1 atom stereocenters. The number of carbonyl (C=O) groups excluding carboxylic acids is 1. The number of nitrogens with zero attached hydrogens (tertiary/aromatic N) is 2. The van der Waals surface area contributed by atoms with Crippen LogP contribution in [0.25, 0.3) is 0 Å². The molecule has 1 unspecified atom stereocenters. The Bertz CT molecular complexity index is 442. The highest BCUT2D eigenvalue weighted by molar-refractivity contribution is 5.94. The Morgan fingerprint density at radius 3 is 2.84 bits per heavy atom. The minimum Gasteiger partial charge on any atom is -0.332 e. The zero-order chi connectivity index (χ0) is 14.0. The number of amides is 1. The van der Waals surface area contributed by atoms with Gasteiger partial charge in [0.05, 0.1) is 5.56 Å². The van der Waals surface area contributed by atoms with Gasteiger partial charge in [0.25, 0.3) is 5.91 Å². The molecular formula is C15H23N3O. The van der Waals surface area contributed by atoms with E-state index in [2.05, 4.69) is 38.0 Å². The summed E-state index contributed by atoms with van der Waals surface area (Å²) in [7, 11) is 0. The lowest BCUT2D eigenvalue weighted by atomic mass is 9.92. The molecular weight excluding hydrogens is 238 g/mol. The van der Waals surface area contributed by atoms with Gasteiger partial charge in [0.2, 0.25) is 0 Å². The number of rotatable bonds is 2. The lowest BCUT2D eigenvalue weighted by molar-refractivity contribution is 0.0417. The number of hydrogen-bond donors (Lipinski definition) is 1. The van der Waals surface area contributed by atoms with Gasteiger partial charge < -0.3 is 10.2 Å². The second-order valence-electron chi connectivity index (χ2n) is 6.25. The zero-order valence-electron chi connectivity index (χ0n) is 12.2. The summed E-state index contributed by atoms with van der Waals surface area (Å²) in [6.45, 7) is 10.2. The third-order valence-electron chi connectivity index (χ3n) is 3.69. The molecule has 0 saturated carbocycles. The highest BCUT2D eigenvalue weighted by Crippen LogP contribution is 2.22. The molecule has 1 N–H and O–H groups in total. The smallest absolute Gasteiger partial charge is 0.255 e. The normalized spacial score (nSPS) is 22.6. The number of nitrogens with one attached hydrogen (secondary N) is 1. The van der Waals surface area contributed by atoms with Gasteiger partial charge in [-0.1, -0.05) is 13.8 Å². The van der Waals surface area contributed by atoms with Crippen LogP contribution in [0.4, 0.5) is 0 Å². The molecule has 0 bridgehead atoms. The Hall–Kier alpha value is -1.42. The first-order valence-electron chi connectivity index (χ1n) is 6.87. The molecule has 19 heavy (non-hydrogen) atoms. The fraction of sp³-hybridized carbons (Fsp3) is 0.600. The molecule has 2 heterocycles. The van der Waals surface area contributed by atoms with Gasteiger partial charge >= 0.3 is 0 Å². The Labute approximate surface area is 115 Å². The molecule has 1 saturated heterocycles. The third-order valence-corrected chi connectivity index (χ3v) is 3.69. The monoisotopic (exact) mass is 261 g/mol. The summed E-state index contributed by atoms with van der Waals surface area (Å²) in [5, 5.41) is 3.52. The van der Waals surface area contributed by atoms with Crippen molar-refractivity contribution >= 4 is 5.91 Å². The highest BCUT2D eigenvalue weighted by atomic mass is 16.2. The van der Waals surface area contributed by atoms with Crippen LogP contribution in [0, 0.1) is 5.92 Å². The van der Waals surface area contributed by atoms with Crippen molar-refractivity contribution in [3.8, 4) is 0 Å². The molecule has 0 radical (unpaired) electrons. The number of aromatic nitrogens is 1. The van der Waals surface area contributed by atoms with E-state index in [1.165, 1.54) is 0 Å². The SMILES string of the molecule is CC(C)C1CNC(C)(C)CN1C(=O)c1cccnc1. The second-order valence-corrected chi connectivity index (χ2v) is 6.25. The average molecular weight is 261 g/mol. The molecule has 1 aromatic rings. The molecule has 4 heteroatoms. The maximum Gasteiger partial charge on any atom is 0.255 e. The van der Waals surface area contributed by atoms with Crippen LogP contribution in [-0.2, 0) is 0 Å². The minimum atomic E-state index is -0.0384. The van der Waals surface area contributed by atoms with Crippen LogP contribution >= 0.6 is 0 Å². The van der Waals surface area contributed by atoms with Gasteiger partial charge in [0.1, 0.15) is 0 Å². The number of hydrogen-bond acceptors (Lipinski definition) is 3. The molecule has 1 amide bonds. The maximum absolute atomic E-state index is 12.7. The van der Waals surface area contributed by atoms with Crippen LogP contribution < -0.4 is 5.32 Å². The number of carbonyl (C=O) groups is 1. The van der Waals surface area contributed by atoms with E-state index in [0.29, 0.717) is 11.5 Å². The molecule has 1 aliphatic rings. The fourth-order valence-corrected chi connectivity index (χ4v) is 2.56. The molecule has 1 aliphatic heterocycles. The van der Waals surface area contributed by atoms with E-state index in [-0.39, 0.29) is 17.5 Å². The number of pyridine rings is 1. The first-order valence-corrected chi connectivity index (χ1v) is 6.87. The van der Waals surface area contributed by atoms with Crippen molar-refractivity contribution < 1.29 is 4.79 Å². The van der Waals surface area contributed by atoms with E-state index in [0.717, 1.165) is 13.1 Å². The van der Waals surface area contributed by atoms with Crippen LogP contribution in [-0.4, -0.2) is 40.5 Å². The summed E-state index contributed by atoms with van der Waals surface area (Å²) < 4.78 is 0. The van der Waals surface area contributed by atoms with Crippen molar-refractivity contribution in [1.29, 1.82) is 0 Å². The van der Waals surface area contributed by atoms with Crippen LogP contribution in [0.1, 0.15) is 38.1 Å². The van der Waals surface area contributed by atoms with Gasteiger partial charge in [-0.15, -0.1) is 0 Å². The molecule has 104 valence electrons. The van der Waals surface area contributed by atoms with Gasteiger partial charge in [-0.25, -0.2) is 0 Å². The quantitative estimate of drug-likeness (QED) is 0.885. The van der Waals surface area contributed by atoms with Gasteiger partial charge in [0.15, 0.2) is 0 Å². The van der Waals surface area contributed by atoms with E-state index < -0.39 is 0 Å². The van der Waals surface area contributed by atoms with E-state index in [1.807, 2.05) is 17.0 Å². The van der Waals surface area contributed by atoms with Crippen molar-refractivity contribution in [1.82, 2.24) is 15.2 Å². The van der Waals surface area contributed by atoms with Crippen molar-refractivity contribution in [3.05, 3.63) is 30.1 Å². The predicted octanol–water partition coefficient (Wildman–Crippen LogP) is 1.93. The van der Waals surface area contributed by atoms with Crippen LogP contribution in [0.5, 0.6) is 0 Å². The van der Waals surface area contributed by atoms with Gasteiger partial charge in [0, 0.05) is 37.1 Å². The van der Waals surface area contributed by atoms with E-state index in [1.54, 1.807) is 12.4 Å². The largest absolute Gasteiger partial charge is 0.332 e.